The van der Waals surface area contributed by atoms with Gasteiger partial charge in [0.25, 0.3) is 5.89 Å². The minimum atomic E-state index is -2.92. The monoisotopic (exact) mass is 503 g/mol. The van der Waals surface area contributed by atoms with Gasteiger partial charge in [0.15, 0.2) is 0 Å². The largest absolute Gasteiger partial charge is 0.415 e. The van der Waals surface area contributed by atoms with Crippen molar-refractivity contribution in [1.82, 2.24) is 20.4 Å². The number of halogens is 3. The SMILES string of the molecule is CCCN(CCC=O)CCNC(=O)N(Cc1ccc(-c2nnc(C(F)F)o2)cc1F)c1ccccc1. The van der Waals surface area contributed by atoms with Gasteiger partial charge in [-0.25, -0.2) is 9.18 Å². The smallest absolute Gasteiger partial charge is 0.322 e. The molecule has 0 aliphatic carbocycles. The number of anilines is 1. The molecule has 3 aromatic rings. The number of urea groups is 1. The lowest BCUT2D eigenvalue weighted by molar-refractivity contribution is -0.108. The Bertz CT molecular complexity index is 1130. The van der Waals surface area contributed by atoms with Crippen LogP contribution in [0.2, 0.25) is 0 Å². The molecular formula is C25H28F3N5O3. The molecular weight excluding hydrogens is 475 g/mol. The predicted octanol–water partition coefficient (Wildman–Crippen LogP) is 4.83. The number of carbonyl (C=O) groups is 2. The first-order valence-corrected chi connectivity index (χ1v) is 11.6. The second kappa shape index (κ2) is 13.4. The van der Waals surface area contributed by atoms with E-state index in [9.17, 15) is 22.8 Å². The summed E-state index contributed by atoms with van der Waals surface area (Å²) in [6.45, 7) is 4.32. The van der Waals surface area contributed by atoms with Gasteiger partial charge in [-0.05, 0) is 37.2 Å². The number of nitrogens with one attached hydrogen (secondary N) is 1. The second-order valence-corrected chi connectivity index (χ2v) is 8.00. The number of alkyl halides is 2. The molecule has 0 spiro atoms. The Morgan fingerprint density at radius 3 is 2.53 bits per heavy atom. The molecule has 2 aromatic carbocycles. The molecule has 0 aliphatic heterocycles. The summed E-state index contributed by atoms with van der Waals surface area (Å²) in [5.74, 6) is -1.72. The van der Waals surface area contributed by atoms with Crippen molar-refractivity contribution in [3.05, 3.63) is 65.8 Å². The first-order chi connectivity index (χ1) is 17.4. The Kier molecular flexibility index (Phi) is 9.99. The fourth-order valence-corrected chi connectivity index (χ4v) is 3.61. The summed E-state index contributed by atoms with van der Waals surface area (Å²) in [4.78, 5) is 27.3. The van der Waals surface area contributed by atoms with E-state index in [0.717, 1.165) is 25.3 Å². The van der Waals surface area contributed by atoms with Gasteiger partial charge < -0.3 is 19.4 Å². The number of amides is 2. The third-order valence-electron chi connectivity index (χ3n) is 5.38. The highest BCUT2D eigenvalue weighted by molar-refractivity contribution is 5.91. The number of hydrogen-bond donors (Lipinski definition) is 1. The van der Waals surface area contributed by atoms with E-state index in [1.165, 1.54) is 17.0 Å². The van der Waals surface area contributed by atoms with Crippen molar-refractivity contribution in [2.75, 3.05) is 31.1 Å². The van der Waals surface area contributed by atoms with E-state index in [2.05, 4.69) is 20.4 Å². The molecule has 0 bridgehead atoms. The zero-order valence-corrected chi connectivity index (χ0v) is 19.9. The Morgan fingerprint density at radius 1 is 1.11 bits per heavy atom. The van der Waals surface area contributed by atoms with Gasteiger partial charge in [-0.3, -0.25) is 4.90 Å². The fourth-order valence-electron chi connectivity index (χ4n) is 3.61. The third kappa shape index (κ3) is 7.38. The number of para-hydroxylation sites is 1. The number of rotatable bonds is 13. The van der Waals surface area contributed by atoms with Crippen molar-refractivity contribution in [3.63, 3.8) is 0 Å². The van der Waals surface area contributed by atoms with Crippen LogP contribution in [0.1, 0.15) is 37.6 Å². The predicted molar refractivity (Wildman–Crippen MR) is 128 cm³/mol. The van der Waals surface area contributed by atoms with Gasteiger partial charge in [0.05, 0.1) is 6.54 Å². The first-order valence-electron chi connectivity index (χ1n) is 11.6. The molecule has 36 heavy (non-hydrogen) atoms. The van der Waals surface area contributed by atoms with Gasteiger partial charge in [-0.2, -0.15) is 8.78 Å². The standard InChI is InChI=1S/C25H28F3N5O3/c1-2-12-32(13-6-15-34)14-11-29-25(35)33(20-7-4-3-5-8-20)17-19-10-9-18(16-21(19)26)23-30-31-24(36-23)22(27)28/h3-5,7-10,15-16,22H,2,6,11-14,17H2,1H3,(H,29,35). The van der Waals surface area contributed by atoms with Crippen LogP contribution in [0.25, 0.3) is 11.5 Å². The van der Waals surface area contributed by atoms with Gasteiger partial charge >= 0.3 is 12.5 Å². The Balaban J connectivity index is 1.72. The van der Waals surface area contributed by atoms with E-state index < -0.39 is 24.2 Å². The Hall–Kier alpha value is -3.73. The molecule has 1 N–H and O–H groups in total. The first kappa shape index (κ1) is 26.9. The van der Waals surface area contributed by atoms with Crippen LogP contribution < -0.4 is 10.2 Å². The minimum absolute atomic E-state index is 0.0715. The maximum atomic E-state index is 15.0. The van der Waals surface area contributed by atoms with Crippen LogP contribution in [0, 0.1) is 5.82 Å². The lowest BCUT2D eigenvalue weighted by Crippen LogP contribution is -2.43. The van der Waals surface area contributed by atoms with Crippen molar-refractivity contribution >= 4 is 18.0 Å². The lowest BCUT2D eigenvalue weighted by atomic mass is 10.1. The van der Waals surface area contributed by atoms with Crippen LogP contribution in [0.4, 0.5) is 23.7 Å². The van der Waals surface area contributed by atoms with Gasteiger partial charge in [-0.15, -0.1) is 10.2 Å². The number of aromatic nitrogens is 2. The summed E-state index contributed by atoms with van der Waals surface area (Å²) in [5, 5.41) is 9.65. The highest BCUT2D eigenvalue weighted by atomic mass is 19.3. The van der Waals surface area contributed by atoms with Crippen LogP contribution in [0.15, 0.2) is 52.9 Å². The average molecular weight is 504 g/mol. The maximum Gasteiger partial charge on any atom is 0.322 e. The van der Waals surface area contributed by atoms with E-state index in [0.29, 0.717) is 31.7 Å². The van der Waals surface area contributed by atoms with Crippen LogP contribution in [0.5, 0.6) is 0 Å². The van der Waals surface area contributed by atoms with E-state index in [4.69, 9.17) is 4.42 Å². The summed E-state index contributed by atoms with van der Waals surface area (Å²) in [6, 6.07) is 12.4. The summed E-state index contributed by atoms with van der Waals surface area (Å²) in [7, 11) is 0. The summed E-state index contributed by atoms with van der Waals surface area (Å²) in [6.07, 6.45) is -0.709. The molecule has 0 radical (unpaired) electrons. The number of carbonyl (C=O) groups excluding carboxylic acids is 2. The number of hydrogen-bond acceptors (Lipinski definition) is 6. The zero-order valence-electron chi connectivity index (χ0n) is 19.9. The molecule has 192 valence electrons. The minimum Gasteiger partial charge on any atom is -0.415 e. The third-order valence-corrected chi connectivity index (χ3v) is 5.38. The molecule has 2 amide bonds. The van der Waals surface area contributed by atoms with Crippen molar-refractivity contribution in [1.29, 1.82) is 0 Å². The van der Waals surface area contributed by atoms with Gasteiger partial charge in [0, 0.05) is 42.9 Å². The molecule has 11 heteroatoms. The lowest BCUT2D eigenvalue weighted by Gasteiger charge is -2.25. The molecule has 0 saturated heterocycles. The maximum absolute atomic E-state index is 15.0. The fraction of sp³-hybridized carbons (Fsp3) is 0.360. The van der Waals surface area contributed by atoms with Gasteiger partial charge in [0.2, 0.25) is 5.89 Å². The quantitative estimate of drug-likeness (QED) is 0.336. The molecule has 8 nitrogen and oxygen atoms in total. The molecule has 0 fully saturated rings. The van der Waals surface area contributed by atoms with E-state index in [1.54, 1.807) is 24.3 Å². The average Bonchev–Trinajstić information content (AvgIpc) is 3.38. The Labute approximate surface area is 207 Å². The van der Waals surface area contributed by atoms with E-state index in [1.807, 2.05) is 13.0 Å². The summed E-state index contributed by atoms with van der Waals surface area (Å²) < 4.78 is 45.3. The molecule has 1 aromatic heterocycles. The molecule has 0 saturated carbocycles. The Morgan fingerprint density at radius 2 is 1.89 bits per heavy atom. The summed E-state index contributed by atoms with van der Waals surface area (Å²) in [5.41, 5.74) is 0.936. The highest BCUT2D eigenvalue weighted by Crippen LogP contribution is 2.26. The topological polar surface area (TPSA) is 91.6 Å². The van der Waals surface area contributed by atoms with Gasteiger partial charge in [-0.1, -0.05) is 31.2 Å². The number of aldehydes is 1. The van der Waals surface area contributed by atoms with Crippen LogP contribution >= 0.6 is 0 Å². The van der Waals surface area contributed by atoms with E-state index >= 15 is 0 Å². The zero-order chi connectivity index (χ0) is 25.9. The summed E-state index contributed by atoms with van der Waals surface area (Å²) >= 11 is 0. The second-order valence-electron chi connectivity index (χ2n) is 8.00. The van der Waals surface area contributed by atoms with Crippen molar-refractivity contribution < 1.29 is 27.2 Å². The van der Waals surface area contributed by atoms with Crippen LogP contribution in [-0.4, -0.2) is 53.6 Å². The molecule has 1 heterocycles. The molecule has 0 unspecified atom stereocenters. The normalized spacial score (nSPS) is 11.2. The molecule has 0 atom stereocenters. The van der Waals surface area contributed by atoms with E-state index in [-0.39, 0.29) is 23.6 Å². The van der Waals surface area contributed by atoms with Crippen molar-refractivity contribution in [3.8, 4) is 11.5 Å². The van der Waals surface area contributed by atoms with Crippen LogP contribution in [0.3, 0.4) is 0 Å². The van der Waals surface area contributed by atoms with Crippen molar-refractivity contribution in [2.24, 2.45) is 0 Å². The molecule has 0 aliphatic rings. The highest BCUT2D eigenvalue weighted by Gasteiger charge is 2.20. The van der Waals surface area contributed by atoms with Crippen molar-refractivity contribution in [2.45, 2.75) is 32.7 Å². The number of nitrogens with zero attached hydrogens (tertiary/aromatic N) is 4. The number of benzene rings is 2. The van der Waals surface area contributed by atoms with Crippen LogP contribution in [-0.2, 0) is 11.3 Å². The van der Waals surface area contributed by atoms with Gasteiger partial charge in [0.1, 0.15) is 12.1 Å². The molecule has 3 rings (SSSR count).